The van der Waals surface area contributed by atoms with Crippen molar-refractivity contribution >= 4 is 9.84 Å². The fourth-order valence-electron chi connectivity index (χ4n) is 2.54. The maximum Gasteiger partial charge on any atom is 0.153 e. The molecule has 20 heavy (non-hydrogen) atoms. The molecule has 1 aliphatic rings. The first-order valence-electron chi connectivity index (χ1n) is 6.97. The number of nitriles is 1. The Labute approximate surface area is 120 Å². The molecule has 0 spiro atoms. The van der Waals surface area contributed by atoms with Crippen LogP contribution >= 0.6 is 0 Å². The van der Waals surface area contributed by atoms with Gasteiger partial charge in [-0.05, 0) is 31.4 Å². The monoisotopic (exact) mass is 293 g/mol. The molecule has 1 aromatic carbocycles. The predicted octanol–water partition coefficient (Wildman–Crippen LogP) is 2.68. The second kappa shape index (κ2) is 6.76. The summed E-state index contributed by atoms with van der Waals surface area (Å²) < 4.78 is 29.6. The van der Waals surface area contributed by atoms with Gasteiger partial charge in [-0.15, -0.1) is 0 Å². The fourth-order valence-corrected chi connectivity index (χ4v) is 4.45. The number of sulfone groups is 1. The Balaban J connectivity index is 1.80. The van der Waals surface area contributed by atoms with E-state index < -0.39 is 9.84 Å². The van der Waals surface area contributed by atoms with Gasteiger partial charge in [0.05, 0.1) is 23.2 Å². The number of hydrogen-bond donors (Lipinski definition) is 0. The van der Waals surface area contributed by atoms with E-state index in [1.807, 2.05) is 0 Å². The van der Waals surface area contributed by atoms with Gasteiger partial charge in [-0.1, -0.05) is 25.0 Å². The van der Waals surface area contributed by atoms with Gasteiger partial charge in [-0.3, -0.25) is 0 Å². The molecule has 0 unspecified atom stereocenters. The van der Waals surface area contributed by atoms with Gasteiger partial charge >= 0.3 is 0 Å². The predicted molar refractivity (Wildman–Crippen MR) is 77.3 cm³/mol. The van der Waals surface area contributed by atoms with Crippen LogP contribution in [0.15, 0.2) is 24.3 Å². The average Bonchev–Trinajstić information content (AvgIpc) is 2.99. The Morgan fingerprint density at radius 3 is 2.65 bits per heavy atom. The first kappa shape index (κ1) is 14.9. The van der Waals surface area contributed by atoms with Gasteiger partial charge in [-0.25, -0.2) is 8.42 Å². The Kier molecular flexibility index (Phi) is 5.02. The molecule has 4 nitrogen and oxygen atoms in total. The van der Waals surface area contributed by atoms with Crippen molar-refractivity contribution in [1.82, 2.24) is 0 Å². The normalized spacial score (nSPS) is 15.9. The molecule has 0 amide bonds. The van der Waals surface area contributed by atoms with E-state index in [1.54, 1.807) is 24.3 Å². The van der Waals surface area contributed by atoms with Crippen LogP contribution in [-0.4, -0.2) is 26.0 Å². The summed E-state index contributed by atoms with van der Waals surface area (Å²) in [6.07, 6.45) is 4.13. The van der Waals surface area contributed by atoms with Gasteiger partial charge in [0.1, 0.15) is 11.8 Å². The molecule has 0 N–H and O–H groups in total. The number of nitrogens with zero attached hydrogens (tertiary/aromatic N) is 1. The van der Waals surface area contributed by atoms with Crippen LogP contribution in [0.25, 0.3) is 0 Å². The van der Waals surface area contributed by atoms with Crippen molar-refractivity contribution in [2.75, 3.05) is 12.4 Å². The first-order valence-corrected chi connectivity index (χ1v) is 8.68. The lowest BCUT2D eigenvalue weighted by Gasteiger charge is -2.11. The molecule has 0 aliphatic heterocycles. The van der Waals surface area contributed by atoms with Crippen molar-refractivity contribution in [3.8, 4) is 11.8 Å². The molecule has 108 valence electrons. The second-order valence-corrected chi connectivity index (χ2v) is 7.48. The lowest BCUT2D eigenvalue weighted by Crippen LogP contribution is -2.22. The standard InChI is InChI=1S/C15H19NO3S/c16-12-13-6-1-4-9-15(13)19-10-5-11-20(17,18)14-7-2-3-8-14/h1,4,6,9,14H,2-3,5,7-8,10-11H2. The van der Waals surface area contributed by atoms with E-state index in [0.717, 1.165) is 25.7 Å². The molecular weight excluding hydrogens is 274 g/mol. The molecular formula is C15H19NO3S. The summed E-state index contributed by atoms with van der Waals surface area (Å²) in [7, 11) is -2.98. The minimum Gasteiger partial charge on any atom is -0.492 e. The molecule has 1 saturated carbocycles. The summed E-state index contributed by atoms with van der Waals surface area (Å²) in [5, 5.41) is 8.78. The third kappa shape index (κ3) is 3.73. The van der Waals surface area contributed by atoms with Crippen LogP contribution in [0.1, 0.15) is 37.7 Å². The Bertz CT molecular complexity index is 583. The van der Waals surface area contributed by atoms with Gasteiger partial charge in [0, 0.05) is 0 Å². The zero-order chi connectivity index (χ0) is 14.4. The van der Waals surface area contributed by atoms with Crippen molar-refractivity contribution in [2.45, 2.75) is 37.4 Å². The van der Waals surface area contributed by atoms with E-state index in [2.05, 4.69) is 6.07 Å². The van der Waals surface area contributed by atoms with Crippen molar-refractivity contribution < 1.29 is 13.2 Å². The van der Waals surface area contributed by atoms with Crippen LogP contribution in [0.3, 0.4) is 0 Å². The third-order valence-electron chi connectivity index (χ3n) is 3.65. The van der Waals surface area contributed by atoms with Crippen LogP contribution < -0.4 is 4.74 Å². The second-order valence-electron chi connectivity index (χ2n) is 5.08. The lowest BCUT2D eigenvalue weighted by molar-refractivity contribution is 0.316. The summed E-state index contributed by atoms with van der Waals surface area (Å²) in [6, 6.07) is 9.04. The topological polar surface area (TPSA) is 67.2 Å². The summed E-state index contributed by atoms with van der Waals surface area (Å²) in [5.41, 5.74) is 0.478. The zero-order valence-electron chi connectivity index (χ0n) is 11.4. The highest BCUT2D eigenvalue weighted by atomic mass is 32.2. The van der Waals surface area contributed by atoms with Crippen LogP contribution in [-0.2, 0) is 9.84 Å². The highest BCUT2D eigenvalue weighted by Crippen LogP contribution is 2.25. The molecule has 1 fully saturated rings. The third-order valence-corrected chi connectivity index (χ3v) is 5.99. The molecule has 0 heterocycles. The SMILES string of the molecule is N#Cc1ccccc1OCCCS(=O)(=O)C1CCCC1. The maximum absolute atomic E-state index is 12.1. The highest BCUT2D eigenvalue weighted by Gasteiger charge is 2.27. The Morgan fingerprint density at radius 2 is 1.95 bits per heavy atom. The first-order chi connectivity index (χ1) is 9.63. The quantitative estimate of drug-likeness (QED) is 0.756. The van der Waals surface area contributed by atoms with E-state index in [9.17, 15) is 8.42 Å². The van der Waals surface area contributed by atoms with E-state index in [0.29, 0.717) is 24.3 Å². The number of hydrogen-bond acceptors (Lipinski definition) is 4. The van der Waals surface area contributed by atoms with Gasteiger partial charge in [0.15, 0.2) is 9.84 Å². The van der Waals surface area contributed by atoms with Crippen molar-refractivity contribution in [3.05, 3.63) is 29.8 Å². The van der Waals surface area contributed by atoms with E-state index >= 15 is 0 Å². The lowest BCUT2D eigenvalue weighted by atomic mass is 10.2. The van der Waals surface area contributed by atoms with Gasteiger partial charge in [-0.2, -0.15) is 5.26 Å². The summed E-state index contributed by atoms with van der Waals surface area (Å²) in [5.74, 6) is 0.695. The Hall–Kier alpha value is -1.54. The van der Waals surface area contributed by atoms with Crippen molar-refractivity contribution in [1.29, 1.82) is 5.26 Å². The molecule has 0 aromatic heterocycles. The van der Waals surface area contributed by atoms with Gasteiger partial charge < -0.3 is 4.74 Å². The molecule has 5 heteroatoms. The van der Waals surface area contributed by atoms with E-state index in [4.69, 9.17) is 10.00 Å². The van der Waals surface area contributed by atoms with Crippen LogP contribution in [0.2, 0.25) is 0 Å². The largest absolute Gasteiger partial charge is 0.492 e. The summed E-state index contributed by atoms with van der Waals surface area (Å²) >= 11 is 0. The number of ether oxygens (including phenoxy) is 1. The molecule has 0 saturated heterocycles. The molecule has 2 rings (SSSR count). The van der Waals surface area contributed by atoms with Crippen molar-refractivity contribution in [2.24, 2.45) is 0 Å². The molecule has 1 aliphatic carbocycles. The maximum atomic E-state index is 12.1. The number of rotatable bonds is 6. The van der Waals surface area contributed by atoms with Gasteiger partial charge in [0.25, 0.3) is 0 Å². The van der Waals surface area contributed by atoms with Crippen LogP contribution in [0, 0.1) is 11.3 Å². The molecule has 1 aromatic rings. The van der Waals surface area contributed by atoms with E-state index in [-0.39, 0.29) is 11.0 Å². The van der Waals surface area contributed by atoms with Crippen LogP contribution in [0.5, 0.6) is 5.75 Å². The zero-order valence-corrected chi connectivity index (χ0v) is 12.2. The number of benzene rings is 1. The summed E-state index contributed by atoms with van der Waals surface area (Å²) in [6.45, 7) is 0.324. The van der Waals surface area contributed by atoms with Crippen LogP contribution in [0.4, 0.5) is 0 Å². The highest BCUT2D eigenvalue weighted by molar-refractivity contribution is 7.92. The average molecular weight is 293 g/mol. The molecule has 0 bridgehead atoms. The smallest absolute Gasteiger partial charge is 0.153 e. The Morgan fingerprint density at radius 1 is 1.25 bits per heavy atom. The molecule has 0 radical (unpaired) electrons. The van der Waals surface area contributed by atoms with Gasteiger partial charge in [0.2, 0.25) is 0 Å². The molecule has 0 atom stereocenters. The van der Waals surface area contributed by atoms with Crippen molar-refractivity contribution in [3.63, 3.8) is 0 Å². The van der Waals surface area contributed by atoms with E-state index in [1.165, 1.54) is 0 Å². The minimum absolute atomic E-state index is 0.145. The fraction of sp³-hybridized carbons (Fsp3) is 0.533. The number of para-hydroxylation sites is 1. The minimum atomic E-state index is -2.98. The summed E-state index contributed by atoms with van der Waals surface area (Å²) in [4.78, 5) is 0.